The topological polar surface area (TPSA) is 66.2 Å². The third-order valence-electron chi connectivity index (χ3n) is 6.21. The highest BCUT2D eigenvalue weighted by molar-refractivity contribution is 5.75. The minimum absolute atomic E-state index is 0.113. The maximum absolute atomic E-state index is 12.9. The van der Waals surface area contributed by atoms with Crippen LogP contribution in [0.25, 0.3) is 5.52 Å². The van der Waals surface area contributed by atoms with Crippen LogP contribution in [0.15, 0.2) is 18.5 Å². The van der Waals surface area contributed by atoms with E-state index in [1.165, 1.54) is 18.5 Å². The van der Waals surface area contributed by atoms with Crippen LogP contribution >= 0.6 is 0 Å². The highest BCUT2D eigenvalue weighted by Crippen LogP contribution is 2.40. The van der Waals surface area contributed by atoms with Crippen LogP contribution in [0.2, 0.25) is 0 Å². The predicted molar refractivity (Wildman–Crippen MR) is 106 cm³/mol. The Morgan fingerprint density at radius 1 is 1.21 bits per heavy atom. The van der Waals surface area contributed by atoms with E-state index in [-0.39, 0.29) is 12.1 Å². The van der Waals surface area contributed by atoms with Gasteiger partial charge in [-0.2, -0.15) is 5.10 Å². The lowest BCUT2D eigenvalue weighted by molar-refractivity contribution is 0.0414. The number of carbonyl (C=O) groups is 1. The zero-order chi connectivity index (χ0) is 19.1. The van der Waals surface area contributed by atoms with Crippen molar-refractivity contribution in [3.8, 4) is 0 Å². The Morgan fingerprint density at radius 3 is 2.82 bits per heavy atom. The summed E-state index contributed by atoms with van der Waals surface area (Å²) in [6.07, 6.45) is 8.33. The molecule has 1 aliphatic carbocycles. The van der Waals surface area contributed by atoms with E-state index in [1.54, 1.807) is 0 Å². The van der Waals surface area contributed by atoms with Gasteiger partial charge in [0.05, 0.1) is 24.9 Å². The largest absolute Gasteiger partial charge is 0.378 e. The van der Waals surface area contributed by atoms with Crippen molar-refractivity contribution in [2.75, 3.05) is 51.3 Å². The number of piperidine rings is 1. The Hall–Kier alpha value is -2.35. The van der Waals surface area contributed by atoms with Crippen LogP contribution in [0.5, 0.6) is 0 Å². The van der Waals surface area contributed by atoms with E-state index in [0.29, 0.717) is 32.2 Å². The summed E-state index contributed by atoms with van der Waals surface area (Å²) in [4.78, 5) is 23.7. The van der Waals surface area contributed by atoms with E-state index in [2.05, 4.69) is 16.0 Å². The van der Waals surface area contributed by atoms with Crippen LogP contribution in [0, 0.1) is 0 Å². The van der Waals surface area contributed by atoms with Crippen molar-refractivity contribution in [3.05, 3.63) is 24.2 Å². The first-order chi connectivity index (χ1) is 13.7. The normalized spacial score (nSPS) is 23.2. The molecule has 4 heterocycles. The summed E-state index contributed by atoms with van der Waals surface area (Å²) in [5.41, 5.74) is 2.26. The van der Waals surface area contributed by atoms with Crippen molar-refractivity contribution in [1.29, 1.82) is 0 Å². The second-order valence-corrected chi connectivity index (χ2v) is 8.16. The molecule has 0 aromatic carbocycles. The minimum Gasteiger partial charge on any atom is -0.378 e. The third-order valence-corrected chi connectivity index (χ3v) is 6.21. The van der Waals surface area contributed by atoms with E-state index in [0.717, 1.165) is 37.3 Å². The number of aromatic nitrogens is 3. The molecule has 8 nitrogen and oxygen atoms in total. The second-order valence-electron chi connectivity index (χ2n) is 8.16. The molecule has 2 aliphatic heterocycles. The van der Waals surface area contributed by atoms with Gasteiger partial charge in [-0.15, -0.1) is 0 Å². The number of amides is 2. The zero-order valence-corrected chi connectivity index (χ0v) is 16.5. The van der Waals surface area contributed by atoms with Gasteiger partial charge >= 0.3 is 6.03 Å². The Bertz CT molecular complexity index is 857. The highest BCUT2D eigenvalue weighted by atomic mass is 16.5. The molecule has 28 heavy (non-hydrogen) atoms. The molecule has 0 N–H and O–H groups in total. The molecule has 0 spiro atoms. The number of rotatable bonds is 3. The molecular weight excluding hydrogens is 356 g/mol. The van der Waals surface area contributed by atoms with Crippen LogP contribution < -0.4 is 4.90 Å². The number of carbonyl (C=O) groups excluding carboxylic acids is 1. The van der Waals surface area contributed by atoms with Gasteiger partial charge in [0.2, 0.25) is 0 Å². The molecule has 150 valence electrons. The summed E-state index contributed by atoms with van der Waals surface area (Å²) >= 11 is 0. The van der Waals surface area contributed by atoms with Gasteiger partial charge in [0.25, 0.3) is 0 Å². The van der Waals surface area contributed by atoms with Crippen LogP contribution in [-0.4, -0.2) is 82.9 Å². The van der Waals surface area contributed by atoms with E-state index in [1.807, 2.05) is 33.8 Å². The molecule has 2 aromatic heterocycles. The number of ether oxygens (including phenoxy) is 1. The fourth-order valence-electron chi connectivity index (χ4n) is 4.35. The summed E-state index contributed by atoms with van der Waals surface area (Å²) in [5.74, 6) is 1.61. The minimum atomic E-state index is 0.113. The zero-order valence-electron chi connectivity index (χ0n) is 16.5. The number of anilines is 1. The standard InChI is InChI=1S/C20H28N6O2/c1-23(20(27)24-9-11-28-12-10-24)16-3-2-7-25(14-16)19-18-13-17(15-4-5-15)22-26(18)8-6-21-19/h6,8,13,15-16H,2-5,7,9-12,14H2,1H3. The third kappa shape index (κ3) is 3.30. The summed E-state index contributed by atoms with van der Waals surface area (Å²) < 4.78 is 7.34. The van der Waals surface area contributed by atoms with Crippen LogP contribution in [0.4, 0.5) is 10.6 Å². The van der Waals surface area contributed by atoms with E-state index in [9.17, 15) is 4.79 Å². The fraction of sp³-hybridized carbons (Fsp3) is 0.650. The van der Waals surface area contributed by atoms with Gasteiger partial charge in [0, 0.05) is 51.5 Å². The van der Waals surface area contributed by atoms with Gasteiger partial charge in [-0.1, -0.05) is 0 Å². The fourth-order valence-corrected chi connectivity index (χ4v) is 4.35. The summed E-state index contributed by atoms with van der Waals surface area (Å²) in [6.45, 7) is 4.40. The molecule has 2 aromatic rings. The first kappa shape index (κ1) is 17.7. The number of urea groups is 1. The molecule has 8 heteroatoms. The quantitative estimate of drug-likeness (QED) is 0.809. The molecule has 1 unspecified atom stereocenters. The number of morpholine rings is 1. The number of fused-ring (bicyclic) bond motifs is 1. The summed E-state index contributed by atoms with van der Waals surface area (Å²) in [6, 6.07) is 2.50. The van der Waals surface area contributed by atoms with E-state index < -0.39 is 0 Å². The lowest BCUT2D eigenvalue weighted by Crippen LogP contribution is -2.54. The van der Waals surface area contributed by atoms with Gasteiger partial charge in [-0.3, -0.25) is 0 Å². The SMILES string of the molecule is CN(C(=O)N1CCOCC1)C1CCCN(c2nccn3nc(C4CC4)cc23)C1. The Labute approximate surface area is 165 Å². The average Bonchev–Trinajstić information content (AvgIpc) is 3.51. The number of nitrogens with zero attached hydrogens (tertiary/aromatic N) is 6. The Morgan fingerprint density at radius 2 is 2.04 bits per heavy atom. The van der Waals surface area contributed by atoms with Crippen molar-refractivity contribution in [3.63, 3.8) is 0 Å². The van der Waals surface area contributed by atoms with Crippen LogP contribution in [0.1, 0.15) is 37.3 Å². The number of hydrogen-bond acceptors (Lipinski definition) is 5. The number of hydrogen-bond donors (Lipinski definition) is 0. The maximum atomic E-state index is 12.9. The molecule has 1 atom stereocenters. The van der Waals surface area contributed by atoms with Crippen LogP contribution in [0.3, 0.4) is 0 Å². The molecule has 5 rings (SSSR count). The lowest BCUT2D eigenvalue weighted by atomic mass is 10.0. The van der Waals surface area contributed by atoms with Crippen molar-refractivity contribution < 1.29 is 9.53 Å². The molecule has 3 aliphatic rings. The van der Waals surface area contributed by atoms with Crippen LogP contribution in [-0.2, 0) is 4.74 Å². The average molecular weight is 384 g/mol. The van der Waals surface area contributed by atoms with Crippen molar-refractivity contribution in [1.82, 2.24) is 24.4 Å². The highest BCUT2D eigenvalue weighted by Gasteiger charge is 2.31. The first-order valence-electron chi connectivity index (χ1n) is 10.4. The van der Waals surface area contributed by atoms with Crippen molar-refractivity contribution >= 4 is 17.4 Å². The second kappa shape index (κ2) is 7.24. The molecule has 2 amide bonds. The Kier molecular flexibility index (Phi) is 4.58. The molecular formula is C20H28N6O2. The molecule has 3 fully saturated rings. The smallest absolute Gasteiger partial charge is 0.320 e. The summed E-state index contributed by atoms with van der Waals surface area (Å²) in [7, 11) is 1.93. The van der Waals surface area contributed by atoms with E-state index in [4.69, 9.17) is 9.84 Å². The lowest BCUT2D eigenvalue weighted by Gasteiger charge is -2.40. The molecule has 1 saturated carbocycles. The monoisotopic (exact) mass is 384 g/mol. The van der Waals surface area contributed by atoms with Gasteiger partial charge in [0.15, 0.2) is 5.82 Å². The molecule has 0 radical (unpaired) electrons. The Balaban J connectivity index is 1.34. The van der Waals surface area contributed by atoms with Gasteiger partial charge in [-0.25, -0.2) is 14.3 Å². The van der Waals surface area contributed by atoms with Crippen molar-refractivity contribution in [2.24, 2.45) is 0 Å². The van der Waals surface area contributed by atoms with Gasteiger partial charge in [0.1, 0.15) is 5.52 Å². The van der Waals surface area contributed by atoms with Crippen molar-refractivity contribution in [2.45, 2.75) is 37.6 Å². The summed E-state index contributed by atoms with van der Waals surface area (Å²) in [5, 5.41) is 4.74. The molecule has 0 bridgehead atoms. The van der Waals surface area contributed by atoms with Gasteiger partial charge < -0.3 is 19.4 Å². The van der Waals surface area contributed by atoms with E-state index >= 15 is 0 Å². The first-order valence-corrected chi connectivity index (χ1v) is 10.4. The maximum Gasteiger partial charge on any atom is 0.320 e. The number of likely N-dealkylation sites (N-methyl/N-ethyl adjacent to an activating group) is 1. The van der Waals surface area contributed by atoms with Gasteiger partial charge in [-0.05, 0) is 31.7 Å². The molecule has 2 saturated heterocycles. The predicted octanol–water partition coefficient (Wildman–Crippen LogP) is 1.96.